The average Bonchev–Trinajstić information content (AvgIpc) is 3.01. The fourth-order valence-corrected chi connectivity index (χ4v) is 6.43. The third kappa shape index (κ3) is 10.4. The van der Waals surface area contributed by atoms with Crippen molar-refractivity contribution in [2.45, 2.75) is 58.5 Å². The van der Waals surface area contributed by atoms with Gasteiger partial charge in [-0.1, -0.05) is 69.3 Å². The summed E-state index contributed by atoms with van der Waals surface area (Å²) in [5.41, 5.74) is 4.89. The Balaban J connectivity index is 0.00000325. The van der Waals surface area contributed by atoms with Crippen LogP contribution in [0.2, 0.25) is 0 Å². The van der Waals surface area contributed by atoms with Gasteiger partial charge in [0.05, 0.1) is 27.4 Å². The third-order valence-electron chi connectivity index (χ3n) is 7.58. The zero-order valence-corrected chi connectivity index (χ0v) is 30.4. The van der Waals surface area contributed by atoms with Crippen LogP contribution in [0.4, 0.5) is 5.95 Å². The van der Waals surface area contributed by atoms with E-state index in [1.54, 1.807) is 6.07 Å². The zero-order valence-electron chi connectivity index (χ0n) is 27.9. The van der Waals surface area contributed by atoms with Crippen molar-refractivity contribution in [2.75, 3.05) is 11.3 Å². The molecule has 5 rings (SSSR count). The number of para-hydroxylation sites is 1. The van der Waals surface area contributed by atoms with Gasteiger partial charge in [-0.2, -0.15) is 4.98 Å². The highest BCUT2D eigenvalue weighted by atomic mass is 35.5. The Labute approximate surface area is 299 Å². The van der Waals surface area contributed by atoms with Crippen LogP contribution in [0, 0.1) is 19.3 Å². The lowest BCUT2D eigenvalue weighted by Crippen LogP contribution is -2.37. The molecule has 260 valence electrons. The molecule has 0 aliphatic heterocycles. The molecule has 49 heavy (non-hydrogen) atoms. The van der Waals surface area contributed by atoms with Crippen LogP contribution in [0.25, 0.3) is 22.2 Å². The molecule has 0 unspecified atom stereocenters. The van der Waals surface area contributed by atoms with Gasteiger partial charge in [-0.05, 0) is 67.1 Å². The molecule has 0 amide bonds. The predicted molar refractivity (Wildman–Crippen MR) is 198 cm³/mol. The molecular weight excluding hydrogens is 685 g/mol. The second-order valence-corrected chi connectivity index (χ2v) is 14.5. The van der Waals surface area contributed by atoms with Crippen molar-refractivity contribution in [3.8, 4) is 17.1 Å². The van der Waals surface area contributed by atoms with Crippen molar-refractivity contribution in [1.29, 1.82) is 0 Å². The van der Waals surface area contributed by atoms with Crippen LogP contribution in [-0.4, -0.2) is 47.1 Å². The van der Waals surface area contributed by atoms with Gasteiger partial charge in [0.15, 0.2) is 0 Å². The van der Waals surface area contributed by atoms with E-state index in [4.69, 9.17) is 9.72 Å². The largest absolute Gasteiger partial charge is 0.478 e. The van der Waals surface area contributed by atoms with Gasteiger partial charge in [-0.25, -0.2) is 22.9 Å². The molecular formula is C36H41Cl2N5O5S. The Morgan fingerprint density at radius 1 is 0.878 bits per heavy atom. The zero-order chi connectivity index (χ0) is 33.8. The Morgan fingerprint density at radius 2 is 1.57 bits per heavy atom. The maximum Gasteiger partial charge on any atom is 0.335 e. The number of carboxylic acid groups (broad SMARTS) is 1. The number of fused-ring (bicyclic) bond motifs is 1. The molecule has 2 aromatic heterocycles. The van der Waals surface area contributed by atoms with Gasteiger partial charge < -0.3 is 15.2 Å². The molecule has 3 aromatic carbocycles. The number of aryl methyl sites for hydroxylation is 2. The summed E-state index contributed by atoms with van der Waals surface area (Å²) in [6.45, 7) is 11.2. The van der Waals surface area contributed by atoms with Crippen LogP contribution in [0.15, 0.2) is 89.8 Å². The SMILES string of the molecule is Cc1cccc(C)c1-c1cc(OC[C@@H](CC(C)(C)C)NCc2ccc3ccccc3n2)nc(NS(=O)(=O)c2cccc(C(=O)O)c2)n1.Cl.Cl. The van der Waals surface area contributed by atoms with Crippen molar-refractivity contribution in [2.24, 2.45) is 5.41 Å². The van der Waals surface area contributed by atoms with Crippen molar-refractivity contribution in [3.05, 3.63) is 107 Å². The summed E-state index contributed by atoms with van der Waals surface area (Å²) in [5.74, 6) is -1.23. The molecule has 0 bridgehead atoms. The fraction of sp³-hybridized carbons (Fsp3) is 0.278. The summed E-state index contributed by atoms with van der Waals surface area (Å²) in [6, 6.07) is 24.6. The van der Waals surface area contributed by atoms with Gasteiger partial charge >= 0.3 is 5.97 Å². The standard InChI is InChI=1S/C36H39N5O5S.2ClH/c1-23-10-8-11-24(2)33(23)31-19-32(40-35(39-31)41-47(44,45)29-14-9-13-26(18-29)34(42)43)46-22-28(20-36(3,4)5)37-21-27-17-16-25-12-6-7-15-30(25)38-27;;/h6-19,28,37H,20-22H2,1-5H3,(H,42,43)(H,39,40,41);2*1H/t28-;;/m1../s1. The first kappa shape index (κ1) is 39.2. The molecule has 0 aliphatic carbocycles. The summed E-state index contributed by atoms with van der Waals surface area (Å²) in [5, 5.41) is 14.0. The summed E-state index contributed by atoms with van der Waals surface area (Å²) in [7, 11) is -4.23. The number of sulfonamides is 1. The molecule has 0 radical (unpaired) electrons. The molecule has 0 saturated carbocycles. The van der Waals surface area contributed by atoms with E-state index in [2.05, 4.69) is 46.8 Å². The van der Waals surface area contributed by atoms with E-state index < -0.39 is 16.0 Å². The first-order chi connectivity index (χ1) is 22.3. The number of benzene rings is 3. The second-order valence-electron chi connectivity index (χ2n) is 12.8. The highest BCUT2D eigenvalue weighted by molar-refractivity contribution is 7.92. The number of rotatable bonds is 12. The third-order valence-corrected chi connectivity index (χ3v) is 8.90. The number of anilines is 1. The first-order valence-electron chi connectivity index (χ1n) is 15.3. The van der Waals surface area contributed by atoms with Crippen molar-refractivity contribution in [3.63, 3.8) is 0 Å². The van der Waals surface area contributed by atoms with E-state index in [0.29, 0.717) is 12.2 Å². The number of aromatic nitrogens is 3. The lowest BCUT2D eigenvalue weighted by atomic mass is 9.88. The minimum atomic E-state index is -4.23. The van der Waals surface area contributed by atoms with E-state index in [-0.39, 0.29) is 65.2 Å². The van der Waals surface area contributed by atoms with Crippen molar-refractivity contribution >= 4 is 57.7 Å². The summed E-state index contributed by atoms with van der Waals surface area (Å²) >= 11 is 0. The summed E-state index contributed by atoms with van der Waals surface area (Å²) in [4.78, 5) is 25.0. The normalized spacial score (nSPS) is 12.0. The molecule has 0 fully saturated rings. The molecule has 3 N–H and O–H groups in total. The number of ether oxygens (including phenoxy) is 1. The molecule has 0 spiro atoms. The van der Waals surface area contributed by atoms with Gasteiger partial charge in [0, 0.05) is 29.6 Å². The van der Waals surface area contributed by atoms with Crippen LogP contribution in [0.3, 0.4) is 0 Å². The van der Waals surface area contributed by atoms with E-state index in [1.165, 1.54) is 18.2 Å². The maximum atomic E-state index is 13.4. The molecule has 1 atom stereocenters. The first-order valence-corrected chi connectivity index (χ1v) is 16.8. The van der Waals surface area contributed by atoms with Crippen molar-refractivity contribution in [1.82, 2.24) is 20.3 Å². The van der Waals surface area contributed by atoms with E-state index in [9.17, 15) is 18.3 Å². The highest BCUT2D eigenvalue weighted by Crippen LogP contribution is 2.30. The minimum Gasteiger partial charge on any atom is -0.478 e. The number of nitrogens with one attached hydrogen (secondary N) is 2. The topological polar surface area (TPSA) is 143 Å². The summed E-state index contributed by atoms with van der Waals surface area (Å²) < 4.78 is 35.4. The Hall–Kier alpha value is -4.29. The average molecular weight is 727 g/mol. The van der Waals surface area contributed by atoms with Gasteiger partial charge in [-0.15, -0.1) is 24.8 Å². The van der Waals surface area contributed by atoms with Gasteiger partial charge in [0.25, 0.3) is 10.0 Å². The van der Waals surface area contributed by atoms with E-state index in [0.717, 1.165) is 45.8 Å². The van der Waals surface area contributed by atoms with Crippen LogP contribution in [0.5, 0.6) is 5.88 Å². The van der Waals surface area contributed by atoms with Crippen molar-refractivity contribution < 1.29 is 23.1 Å². The fourth-order valence-electron chi connectivity index (χ4n) is 5.44. The van der Waals surface area contributed by atoms with Gasteiger partial charge in [0.1, 0.15) is 6.61 Å². The summed E-state index contributed by atoms with van der Waals surface area (Å²) in [6.07, 6.45) is 0.787. The number of hydrogen-bond acceptors (Lipinski definition) is 8. The second kappa shape index (κ2) is 16.4. The van der Waals surface area contributed by atoms with Crippen LogP contribution >= 0.6 is 24.8 Å². The smallest absolute Gasteiger partial charge is 0.335 e. The number of aromatic carboxylic acids is 1. The van der Waals surface area contributed by atoms with Crippen LogP contribution < -0.4 is 14.8 Å². The van der Waals surface area contributed by atoms with Gasteiger partial charge in [-0.3, -0.25) is 4.98 Å². The maximum absolute atomic E-state index is 13.4. The molecule has 13 heteroatoms. The Bertz CT molecular complexity index is 2020. The quantitative estimate of drug-likeness (QED) is 0.118. The molecule has 5 aromatic rings. The Kier molecular flexibility index (Phi) is 13.1. The molecule has 0 aliphatic rings. The monoisotopic (exact) mass is 725 g/mol. The highest BCUT2D eigenvalue weighted by Gasteiger charge is 2.22. The number of hydrogen-bond donors (Lipinski definition) is 3. The van der Waals surface area contributed by atoms with E-state index >= 15 is 0 Å². The Morgan fingerprint density at radius 3 is 2.27 bits per heavy atom. The van der Waals surface area contributed by atoms with Crippen LogP contribution in [0.1, 0.15) is 54.4 Å². The number of halogens is 2. The number of carbonyl (C=O) groups is 1. The lowest BCUT2D eigenvalue weighted by molar-refractivity contribution is 0.0696. The predicted octanol–water partition coefficient (Wildman–Crippen LogP) is 7.62. The van der Waals surface area contributed by atoms with E-state index in [1.807, 2.05) is 62.4 Å². The minimum absolute atomic E-state index is 0. The number of nitrogens with zero attached hydrogens (tertiary/aromatic N) is 3. The molecule has 2 heterocycles. The number of carboxylic acids is 1. The lowest BCUT2D eigenvalue weighted by Gasteiger charge is -2.27. The van der Waals surface area contributed by atoms with Gasteiger partial charge in [0.2, 0.25) is 11.8 Å². The molecule has 10 nitrogen and oxygen atoms in total. The van der Waals surface area contributed by atoms with Crippen LogP contribution in [-0.2, 0) is 16.6 Å². The number of pyridine rings is 1. The molecule has 0 saturated heterocycles.